The first kappa shape index (κ1) is 16.7. The van der Waals surface area contributed by atoms with E-state index in [1.165, 1.54) is 0 Å². The maximum atomic E-state index is 12.6. The molecule has 0 atom stereocenters. The summed E-state index contributed by atoms with van der Waals surface area (Å²) in [7, 11) is 0. The molecule has 1 heterocycles. The highest BCUT2D eigenvalue weighted by atomic mass is 35.5. The quantitative estimate of drug-likeness (QED) is 0.888. The third-order valence-electron chi connectivity index (χ3n) is 5.43. The fourth-order valence-electron chi connectivity index (χ4n) is 3.85. The molecule has 1 saturated carbocycles. The van der Waals surface area contributed by atoms with E-state index in [1.807, 2.05) is 18.2 Å². The molecule has 5 heteroatoms. The van der Waals surface area contributed by atoms with Gasteiger partial charge >= 0.3 is 0 Å². The van der Waals surface area contributed by atoms with Crippen molar-refractivity contribution in [2.75, 3.05) is 19.8 Å². The van der Waals surface area contributed by atoms with Gasteiger partial charge in [-0.25, -0.2) is 0 Å². The molecular weight excluding hydrogens is 312 g/mol. The number of ether oxygens (including phenoxy) is 1. The van der Waals surface area contributed by atoms with E-state index in [2.05, 4.69) is 11.4 Å². The highest BCUT2D eigenvalue weighted by Gasteiger charge is 2.40. The number of amides is 1. The molecule has 23 heavy (non-hydrogen) atoms. The van der Waals surface area contributed by atoms with Gasteiger partial charge in [-0.2, -0.15) is 0 Å². The summed E-state index contributed by atoms with van der Waals surface area (Å²) in [6.07, 6.45) is 5.34. The van der Waals surface area contributed by atoms with Crippen LogP contribution in [0.5, 0.6) is 0 Å². The highest BCUT2D eigenvalue weighted by molar-refractivity contribution is 6.31. The minimum atomic E-state index is -0.688. The molecule has 1 amide bonds. The van der Waals surface area contributed by atoms with Crippen LogP contribution in [-0.2, 0) is 14.9 Å². The van der Waals surface area contributed by atoms with Crippen molar-refractivity contribution in [3.05, 3.63) is 34.9 Å². The number of halogens is 1. The number of nitrogens with one attached hydrogen (secondary N) is 1. The highest BCUT2D eigenvalue weighted by Crippen LogP contribution is 2.38. The first-order chi connectivity index (χ1) is 11.1. The SMILES string of the molecule is NC1(C(=O)NCC2(c3ccccc3Cl)CCOCC2)CCCC1. The molecule has 3 N–H and O–H groups in total. The monoisotopic (exact) mass is 336 g/mol. The zero-order valence-electron chi connectivity index (χ0n) is 13.4. The Kier molecular flexibility index (Phi) is 4.95. The van der Waals surface area contributed by atoms with E-state index >= 15 is 0 Å². The number of carbonyl (C=O) groups excluding carboxylic acids is 1. The van der Waals surface area contributed by atoms with Crippen LogP contribution in [0.4, 0.5) is 0 Å². The van der Waals surface area contributed by atoms with Crippen LogP contribution in [0, 0.1) is 0 Å². The molecule has 0 aromatic heterocycles. The van der Waals surface area contributed by atoms with Gasteiger partial charge in [-0.15, -0.1) is 0 Å². The largest absolute Gasteiger partial charge is 0.381 e. The van der Waals surface area contributed by atoms with Crippen molar-refractivity contribution in [1.82, 2.24) is 5.32 Å². The summed E-state index contributed by atoms with van der Waals surface area (Å²) in [4.78, 5) is 12.6. The molecular formula is C18H25ClN2O2. The lowest BCUT2D eigenvalue weighted by Gasteiger charge is -2.39. The summed E-state index contributed by atoms with van der Waals surface area (Å²) in [6, 6.07) is 7.91. The maximum Gasteiger partial charge on any atom is 0.240 e. The van der Waals surface area contributed by atoms with Gasteiger partial charge in [0.1, 0.15) is 0 Å². The molecule has 0 bridgehead atoms. The Balaban J connectivity index is 1.77. The molecule has 1 aliphatic heterocycles. The number of hydrogen-bond donors (Lipinski definition) is 2. The van der Waals surface area contributed by atoms with Crippen LogP contribution in [0.15, 0.2) is 24.3 Å². The maximum absolute atomic E-state index is 12.6. The fourth-order valence-corrected chi connectivity index (χ4v) is 4.19. The molecule has 1 saturated heterocycles. The zero-order chi connectivity index (χ0) is 16.3. The molecule has 0 spiro atoms. The minimum Gasteiger partial charge on any atom is -0.381 e. The molecule has 0 unspecified atom stereocenters. The first-order valence-electron chi connectivity index (χ1n) is 8.46. The molecule has 2 aliphatic rings. The second-order valence-corrected chi connectivity index (χ2v) is 7.33. The number of hydrogen-bond acceptors (Lipinski definition) is 3. The smallest absolute Gasteiger partial charge is 0.240 e. The van der Waals surface area contributed by atoms with Crippen LogP contribution in [0.2, 0.25) is 5.02 Å². The Morgan fingerprint density at radius 3 is 2.48 bits per heavy atom. The summed E-state index contributed by atoms with van der Waals surface area (Å²) in [5.41, 5.74) is 6.51. The molecule has 4 nitrogen and oxygen atoms in total. The normalized spacial score (nSPS) is 22.7. The van der Waals surface area contributed by atoms with Crippen LogP contribution in [-0.4, -0.2) is 31.2 Å². The fraction of sp³-hybridized carbons (Fsp3) is 0.611. The molecule has 1 aromatic rings. The Bertz CT molecular complexity index is 564. The van der Waals surface area contributed by atoms with Gasteiger partial charge in [0.2, 0.25) is 5.91 Å². The van der Waals surface area contributed by atoms with Gasteiger partial charge in [0, 0.05) is 30.2 Å². The number of nitrogens with two attached hydrogens (primary N) is 1. The van der Waals surface area contributed by atoms with Crippen LogP contribution in [0.25, 0.3) is 0 Å². The predicted octanol–water partition coefficient (Wildman–Crippen LogP) is 2.78. The van der Waals surface area contributed by atoms with Crippen molar-refractivity contribution in [2.24, 2.45) is 5.73 Å². The molecule has 1 aromatic carbocycles. The summed E-state index contributed by atoms with van der Waals surface area (Å²) in [5.74, 6) is -0.0204. The van der Waals surface area contributed by atoms with Gasteiger partial charge in [0.05, 0.1) is 5.54 Å². The first-order valence-corrected chi connectivity index (χ1v) is 8.84. The van der Waals surface area contributed by atoms with Crippen LogP contribution in [0.3, 0.4) is 0 Å². The van der Waals surface area contributed by atoms with E-state index in [-0.39, 0.29) is 11.3 Å². The second-order valence-electron chi connectivity index (χ2n) is 6.92. The third-order valence-corrected chi connectivity index (χ3v) is 5.76. The third kappa shape index (κ3) is 3.39. The van der Waals surface area contributed by atoms with Gasteiger partial charge in [0.15, 0.2) is 0 Å². The lowest BCUT2D eigenvalue weighted by atomic mass is 9.74. The van der Waals surface area contributed by atoms with Crippen LogP contribution >= 0.6 is 11.6 Å². The predicted molar refractivity (Wildman–Crippen MR) is 91.6 cm³/mol. The lowest BCUT2D eigenvalue weighted by Crippen LogP contribution is -2.55. The zero-order valence-corrected chi connectivity index (χ0v) is 14.2. The van der Waals surface area contributed by atoms with Crippen molar-refractivity contribution >= 4 is 17.5 Å². The molecule has 0 radical (unpaired) electrons. The van der Waals surface area contributed by atoms with E-state index in [9.17, 15) is 4.79 Å². The van der Waals surface area contributed by atoms with E-state index < -0.39 is 5.54 Å². The van der Waals surface area contributed by atoms with Gasteiger partial charge in [-0.1, -0.05) is 42.6 Å². The summed E-state index contributed by atoms with van der Waals surface area (Å²) in [5, 5.41) is 3.88. The Morgan fingerprint density at radius 1 is 1.17 bits per heavy atom. The number of rotatable bonds is 4. The average molecular weight is 337 g/mol. The van der Waals surface area contributed by atoms with E-state index in [4.69, 9.17) is 22.1 Å². The van der Waals surface area contributed by atoms with Crippen molar-refractivity contribution < 1.29 is 9.53 Å². The van der Waals surface area contributed by atoms with Crippen molar-refractivity contribution in [3.63, 3.8) is 0 Å². The van der Waals surface area contributed by atoms with Crippen molar-refractivity contribution in [3.8, 4) is 0 Å². The Hall–Kier alpha value is -1.10. The van der Waals surface area contributed by atoms with Crippen molar-refractivity contribution in [1.29, 1.82) is 0 Å². The van der Waals surface area contributed by atoms with E-state index in [1.54, 1.807) is 0 Å². The summed E-state index contributed by atoms with van der Waals surface area (Å²) < 4.78 is 5.53. The summed E-state index contributed by atoms with van der Waals surface area (Å²) >= 11 is 6.44. The number of benzene rings is 1. The van der Waals surface area contributed by atoms with Crippen LogP contribution in [0.1, 0.15) is 44.1 Å². The second kappa shape index (κ2) is 6.80. The van der Waals surface area contributed by atoms with Gasteiger partial charge in [0.25, 0.3) is 0 Å². The molecule has 1 aliphatic carbocycles. The summed E-state index contributed by atoms with van der Waals surface area (Å²) in [6.45, 7) is 1.95. The van der Waals surface area contributed by atoms with E-state index in [0.29, 0.717) is 19.8 Å². The molecule has 126 valence electrons. The van der Waals surface area contributed by atoms with Gasteiger partial charge < -0.3 is 15.8 Å². The molecule has 2 fully saturated rings. The van der Waals surface area contributed by atoms with Crippen LogP contribution < -0.4 is 11.1 Å². The topological polar surface area (TPSA) is 64.4 Å². The van der Waals surface area contributed by atoms with Crippen molar-refractivity contribution in [2.45, 2.75) is 49.5 Å². The molecule has 3 rings (SSSR count). The minimum absolute atomic E-state index is 0.0204. The van der Waals surface area contributed by atoms with Gasteiger partial charge in [-0.3, -0.25) is 4.79 Å². The Labute approximate surface area is 142 Å². The lowest BCUT2D eigenvalue weighted by molar-refractivity contribution is -0.126. The van der Waals surface area contributed by atoms with Gasteiger partial charge in [-0.05, 0) is 37.3 Å². The Morgan fingerprint density at radius 2 is 1.83 bits per heavy atom. The average Bonchev–Trinajstić information content (AvgIpc) is 3.02. The standard InChI is InChI=1S/C18H25ClN2O2/c19-15-6-2-1-5-14(15)17(9-11-23-12-10-17)13-21-16(22)18(20)7-3-4-8-18/h1-2,5-6H,3-4,7-13,20H2,(H,21,22). The number of carbonyl (C=O) groups is 1. The van der Waals surface area contributed by atoms with E-state index in [0.717, 1.165) is 49.1 Å².